The summed E-state index contributed by atoms with van der Waals surface area (Å²) in [6.07, 6.45) is 1.78. The summed E-state index contributed by atoms with van der Waals surface area (Å²) in [5.74, 6) is 0.358. The molecule has 2 atom stereocenters. The Kier molecular flexibility index (Phi) is 7.58. The van der Waals surface area contributed by atoms with E-state index < -0.39 is 0 Å². The fourth-order valence-corrected chi connectivity index (χ4v) is 6.20. The number of H-pyrrole nitrogens is 1. The molecule has 37 heavy (non-hydrogen) atoms. The van der Waals surface area contributed by atoms with Crippen molar-refractivity contribution >= 4 is 51.8 Å². The van der Waals surface area contributed by atoms with Gasteiger partial charge >= 0.3 is 0 Å². The highest BCUT2D eigenvalue weighted by Gasteiger charge is 2.28. The van der Waals surface area contributed by atoms with Crippen molar-refractivity contribution in [2.24, 2.45) is 0 Å². The number of hydrogen-bond donors (Lipinski definition) is 2. The van der Waals surface area contributed by atoms with Gasteiger partial charge in [0.2, 0.25) is 0 Å². The maximum Gasteiger partial charge on any atom is 0.257 e. The Bertz CT molecular complexity index is 1390. The quantitative estimate of drug-likeness (QED) is 0.263. The first kappa shape index (κ1) is 25.8. The van der Waals surface area contributed by atoms with Crippen molar-refractivity contribution in [2.75, 3.05) is 29.9 Å². The minimum Gasteiger partial charge on any atom is -0.368 e. The number of rotatable bonds is 6. The topological polar surface area (TPSA) is 64.3 Å². The number of nitrogens with one attached hydrogen (secondary N) is 2. The van der Waals surface area contributed by atoms with E-state index in [0.717, 1.165) is 36.6 Å². The van der Waals surface area contributed by atoms with Crippen LogP contribution < -0.4 is 10.2 Å². The molecule has 0 unspecified atom stereocenters. The lowest BCUT2D eigenvalue weighted by atomic mass is 10.1. The normalized spacial score (nSPS) is 18.2. The number of anilines is 2. The Balaban J connectivity index is 1.32. The van der Waals surface area contributed by atoms with Crippen molar-refractivity contribution in [3.63, 3.8) is 0 Å². The molecule has 2 aromatic heterocycles. The molecule has 0 bridgehead atoms. The molecule has 1 fully saturated rings. The highest BCUT2D eigenvalue weighted by molar-refractivity contribution is 7.08. The van der Waals surface area contributed by atoms with E-state index in [0.29, 0.717) is 44.8 Å². The Hall–Kier alpha value is -2.84. The highest BCUT2D eigenvalue weighted by Crippen LogP contribution is 2.32. The molecule has 2 aromatic carbocycles. The van der Waals surface area contributed by atoms with Gasteiger partial charge in [-0.25, -0.2) is 4.98 Å². The third-order valence-corrected chi connectivity index (χ3v) is 8.24. The van der Waals surface area contributed by atoms with Gasteiger partial charge in [-0.05, 0) is 68.2 Å². The van der Waals surface area contributed by atoms with Crippen LogP contribution in [0.4, 0.5) is 11.4 Å². The minimum absolute atomic E-state index is 0.277. The molecule has 1 aliphatic heterocycles. The number of imidazole rings is 1. The molecular formula is C28H29Cl2N5OS. The average molecular weight is 555 g/mol. The number of piperazine rings is 1. The van der Waals surface area contributed by atoms with Crippen LogP contribution in [0.3, 0.4) is 0 Å². The van der Waals surface area contributed by atoms with Gasteiger partial charge in [-0.3, -0.25) is 9.69 Å². The summed E-state index contributed by atoms with van der Waals surface area (Å²) in [6.45, 7) is 9.60. The van der Waals surface area contributed by atoms with Gasteiger partial charge in [-0.1, -0.05) is 30.1 Å². The van der Waals surface area contributed by atoms with Crippen LogP contribution in [-0.2, 0) is 0 Å². The Morgan fingerprint density at radius 3 is 2.57 bits per heavy atom. The van der Waals surface area contributed by atoms with Crippen LogP contribution in [0.5, 0.6) is 0 Å². The van der Waals surface area contributed by atoms with Crippen molar-refractivity contribution in [1.82, 2.24) is 14.9 Å². The van der Waals surface area contributed by atoms with E-state index in [1.165, 1.54) is 0 Å². The highest BCUT2D eigenvalue weighted by atomic mass is 35.5. The molecule has 1 aliphatic rings. The number of carbonyl (C=O) groups excluding carboxylic acids is 1. The zero-order chi connectivity index (χ0) is 26.1. The van der Waals surface area contributed by atoms with Crippen LogP contribution in [0.15, 0.2) is 59.4 Å². The van der Waals surface area contributed by atoms with E-state index in [9.17, 15) is 4.79 Å². The molecule has 0 radical (unpaired) electrons. The predicted octanol–water partition coefficient (Wildman–Crippen LogP) is 7.28. The summed E-state index contributed by atoms with van der Waals surface area (Å²) >= 11 is 14.7. The summed E-state index contributed by atoms with van der Waals surface area (Å²) in [7, 11) is 0. The van der Waals surface area contributed by atoms with Gasteiger partial charge in [-0.15, -0.1) is 0 Å². The van der Waals surface area contributed by atoms with Crippen molar-refractivity contribution in [1.29, 1.82) is 0 Å². The number of thiophene rings is 1. The predicted molar refractivity (Wildman–Crippen MR) is 155 cm³/mol. The number of halogens is 2. The zero-order valence-corrected chi connectivity index (χ0v) is 23.3. The molecule has 1 saturated heterocycles. The monoisotopic (exact) mass is 553 g/mol. The van der Waals surface area contributed by atoms with Gasteiger partial charge in [0.05, 0.1) is 27.5 Å². The zero-order valence-electron chi connectivity index (χ0n) is 21.0. The molecule has 0 saturated carbocycles. The van der Waals surface area contributed by atoms with E-state index >= 15 is 0 Å². The minimum atomic E-state index is -0.277. The summed E-state index contributed by atoms with van der Waals surface area (Å²) in [5.41, 5.74) is 4.75. The maximum atomic E-state index is 13.1. The molecule has 3 heterocycles. The van der Waals surface area contributed by atoms with Crippen molar-refractivity contribution in [3.05, 3.63) is 75.0 Å². The smallest absolute Gasteiger partial charge is 0.257 e. The third kappa shape index (κ3) is 5.41. The van der Waals surface area contributed by atoms with E-state index in [4.69, 9.17) is 23.2 Å². The van der Waals surface area contributed by atoms with Gasteiger partial charge in [0, 0.05) is 53.1 Å². The molecule has 0 aliphatic carbocycles. The van der Waals surface area contributed by atoms with E-state index in [1.807, 2.05) is 29.6 Å². The lowest BCUT2D eigenvalue weighted by molar-refractivity contribution is 0.102. The molecule has 192 valence electrons. The van der Waals surface area contributed by atoms with Gasteiger partial charge in [0.25, 0.3) is 5.91 Å². The number of carbonyl (C=O) groups is 1. The van der Waals surface area contributed by atoms with E-state index in [1.54, 1.807) is 35.7 Å². The number of hydrogen-bond acceptors (Lipinski definition) is 5. The summed E-state index contributed by atoms with van der Waals surface area (Å²) < 4.78 is 0. The molecule has 5 rings (SSSR count). The Labute approximate surface area is 231 Å². The first-order chi connectivity index (χ1) is 17.8. The van der Waals surface area contributed by atoms with Crippen LogP contribution in [0.2, 0.25) is 10.0 Å². The number of nitrogens with zero attached hydrogens (tertiary/aromatic N) is 3. The summed E-state index contributed by atoms with van der Waals surface area (Å²) in [6, 6.07) is 13.9. The second-order valence-electron chi connectivity index (χ2n) is 9.40. The van der Waals surface area contributed by atoms with Crippen LogP contribution in [0.25, 0.3) is 22.6 Å². The van der Waals surface area contributed by atoms with Crippen LogP contribution >= 0.6 is 34.5 Å². The third-order valence-electron chi connectivity index (χ3n) is 6.92. The standard InChI is InChI=1S/C28H29Cl2N5OS/c1-4-35-17(2)14-34(15-18(35)3)21-6-7-22(25(30)12-21)28(36)32-20-5-8-24(29)23(11-20)27-31-13-26(33-27)19-9-10-37-16-19/h5-13,16-18H,4,14-15H2,1-3H3,(H,31,33)(H,32,36)/t17-,18+. The molecular weight excluding hydrogens is 525 g/mol. The molecule has 0 spiro atoms. The van der Waals surface area contributed by atoms with Crippen LogP contribution in [0.1, 0.15) is 31.1 Å². The first-order valence-corrected chi connectivity index (χ1v) is 14.0. The second-order valence-corrected chi connectivity index (χ2v) is 11.0. The molecule has 1 amide bonds. The fraction of sp³-hybridized carbons (Fsp3) is 0.286. The van der Waals surface area contributed by atoms with Crippen molar-refractivity contribution < 1.29 is 4.79 Å². The van der Waals surface area contributed by atoms with E-state index in [-0.39, 0.29) is 5.91 Å². The van der Waals surface area contributed by atoms with E-state index in [2.05, 4.69) is 51.2 Å². The lowest BCUT2D eigenvalue weighted by Gasteiger charge is -2.45. The van der Waals surface area contributed by atoms with Crippen LogP contribution in [0, 0.1) is 0 Å². The fourth-order valence-electron chi connectivity index (χ4n) is 5.08. The van der Waals surface area contributed by atoms with Crippen molar-refractivity contribution in [2.45, 2.75) is 32.9 Å². The Morgan fingerprint density at radius 1 is 1.11 bits per heavy atom. The molecule has 2 N–H and O–H groups in total. The number of aromatic amines is 1. The van der Waals surface area contributed by atoms with Gasteiger partial charge < -0.3 is 15.2 Å². The Morgan fingerprint density at radius 2 is 1.89 bits per heavy atom. The number of aromatic nitrogens is 2. The van der Waals surface area contributed by atoms with Gasteiger partial charge in [-0.2, -0.15) is 11.3 Å². The largest absolute Gasteiger partial charge is 0.368 e. The number of amides is 1. The molecule has 9 heteroatoms. The number of likely N-dealkylation sites (N-methyl/N-ethyl adjacent to an activating group) is 1. The van der Waals surface area contributed by atoms with Gasteiger partial charge in [0.1, 0.15) is 5.82 Å². The maximum absolute atomic E-state index is 13.1. The summed E-state index contributed by atoms with van der Waals surface area (Å²) in [4.78, 5) is 25.8. The van der Waals surface area contributed by atoms with Crippen LogP contribution in [-0.4, -0.2) is 52.5 Å². The van der Waals surface area contributed by atoms with Crippen molar-refractivity contribution in [3.8, 4) is 22.6 Å². The average Bonchev–Trinajstić information content (AvgIpc) is 3.57. The van der Waals surface area contributed by atoms with Gasteiger partial charge in [0.15, 0.2) is 0 Å². The summed E-state index contributed by atoms with van der Waals surface area (Å²) in [5, 5.41) is 7.99. The SMILES string of the molecule is CCN1[C@H](C)CN(c2ccc(C(=O)Nc3ccc(Cl)c(-c4ncc(-c5ccsc5)[nH]4)c3)c(Cl)c2)C[C@@H]1C. The second kappa shape index (κ2) is 10.9. The first-order valence-electron chi connectivity index (χ1n) is 12.3. The molecule has 4 aromatic rings. The lowest BCUT2D eigenvalue weighted by Crippen LogP contribution is -2.56. The number of benzene rings is 2. The molecule has 6 nitrogen and oxygen atoms in total.